The molecule has 2 N–H and O–H groups in total. The Morgan fingerprint density at radius 2 is 2.17 bits per heavy atom. The second-order valence-corrected chi connectivity index (χ2v) is 7.54. The van der Waals surface area contributed by atoms with Crippen molar-refractivity contribution in [1.82, 2.24) is 20.4 Å². The van der Waals surface area contributed by atoms with Gasteiger partial charge in [0.05, 0.1) is 0 Å². The Hall–Kier alpha value is -0.650. The van der Waals surface area contributed by atoms with Crippen LogP contribution >= 0.6 is 35.7 Å². The molecule has 0 radical (unpaired) electrons. The van der Waals surface area contributed by atoms with Gasteiger partial charge in [0.1, 0.15) is 0 Å². The highest BCUT2D eigenvalue weighted by Gasteiger charge is 2.36. The van der Waals surface area contributed by atoms with Crippen molar-refractivity contribution in [3.63, 3.8) is 0 Å². The van der Waals surface area contributed by atoms with Gasteiger partial charge in [-0.15, -0.1) is 24.0 Å². The zero-order valence-electron chi connectivity index (χ0n) is 13.9. The Labute approximate surface area is 161 Å². The number of aryl methyl sites for hydroxylation is 1. The first-order valence-corrected chi connectivity index (χ1v) is 8.40. The quantitative estimate of drug-likeness (QED) is 0.398. The van der Waals surface area contributed by atoms with Crippen molar-refractivity contribution < 1.29 is 13.2 Å². The summed E-state index contributed by atoms with van der Waals surface area (Å²) in [6.07, 6.45) is -0.761. The maximum absolute atomic E-state index is 12.9. The molecule has 0 amide bonds. The summed E-state index contributed by atoms with van der Waals surface area (Å²) in [6.45, 7) is 2.94. The molecule has 1 atom stereocenters. The van der Waals surface area contributed by atoms with Crippen LogP contribution in [-0.4, -0.2) is 39.8 Å². The van der Waals surface area contributed by atoms with Crippen LogP contribution in [0.25, 0.3) is 0 Å². The second kappa shape index (κ2) is 8.63. The summed E-state index contributed by atoms with van der Waals surface area (Å²) >= 11 is 1.91. The minimum atomic E-state index is -4.46. The van der Waals surface area contributed by atoms with Gasteiger partial charge in [-0.05, 0) is 25.5 Å². The SMILES string of the molecule is CN=C(NCc1cn(C)nc1C(F)(F)F)NCC1(C)CCCS1.I. The molecule has 0 bridgehead atoms. The smallest absolute Gasteiger partial charge is 0.355 e. The summed E-state index contributed by atoms with van der Waals surface area (Å²) in [5, 5.41) is 9.62. The van der Waals surface area contributed by atoms with E-state index in [-0.39, 0.29) is 40.8 Å². The van der Waals surface area contributed by atoms with Crippen molar-refractivity contribution in [3.8, 4) is 0 Å². The summed E-state index contributed by atoms with van der Waals surface area (Å²) in [5.74, 6) is 1.64. The Morgan fingerprint density at radius 1 is 1.46 bits per heavy atom. The summed E-state index contributed by atoms with van der Waals surface area (Å²) in [5.41, 5.74) is -0.759. The average molecular weight is 477 g/mol. The van der Waals surface area contributed by atoms with Crippen molar-refractivity contribution in [2.24, 2.45) is 12.0 Å². The molecule has 138 valence electrons. The fourth-order valence-electron chi connectivity index (χ4n) is 2.55. The van der Waals surface area contributed by atoms with Crippen molar-refractivity contribution in [2.75, 3.05) is 19.3 Å². The molecule has 1 saturated heterocycles. The lowest BCUT2D eigenvalue weighted by molar-refractivity contribution is -0.142. The molecule has 10 heteroatoms. The van der Waals surface area contributed by atoms with Gasteiger partial charge in [-0.2, -0.15) is 30.0 Å². The van der Waals surface area contributed by atoms with Crippen molar-refractivity contribution >= 4 is 41.7 Å². The van der Waals surface area contributed by atoms with Crippen LogP contribution in [0.15, 0.2) is 11.2 Å². The standard InChI is InChI=1S/C14H22F3N5S.HI/c1-13(5-4-6-23-13)9-20-12(18-2)19-7-10-8-22(3)21-11(10)14(15,16)17;/h8H,4-7,9H2,1-3H3,(H2,18,19,20);1H. The largest absolute Gasteiger partial charge is 0.435 e. The van der Waals surface area contributed by atoms with E-state index in [2.05, 4.69) is 27.6 Å². The molecule has 0 spiro atoms. The number of alkyl halides is 3. The maximum Gasteiger partial charge on any atom is 0.435 e. The highest BCUT2D eigenvalue weighted by atomic mass is 127. The van der Waals surface area contributed by atoms with Gasteiger partial charge in [0, 0.05) is 43.7 Å². The van der Waals surface area contributed by atoms with Gasteiger partial charge in [0.15, 0.2) is 11.7 Å². The van der Waals surface area contributed by atoms with E-state index in [1.807, 2.05) is 11.8 Å². The number of thioether (sulfide) groups is 1. The summed E-state index contributed by atoms with van der Waals surface area (Å²) in [4.78, 5) is 4.07. The van der Waals surface area contributed by atoms with Crippen molar-refractivity contribution in [1.29, 1.82) is 0 Å². The molecule has 1 fully saturated rings. The minimum absolute atomic E-state index is 0. The maximum atomic E-state index is 12.9. The molecule has 2 rings (SSSR count). The molecule has 1 aliphatic heterocycles. The van der Waals surface area contributed by atoms with Crippen LogP contribution in [0.4, 0.5) is 13.2 Å². The van der Waals surface area contributed by atoms with E-state index in [9.17, 15) is 13.2 Å². The number of guanidine groups is 1. The Kier molecular flexibility index (Phi) is 7.70. The fraction of sp³-hybridized carbons (Fsp3) is 0.714. The molecule has 5 nitrogen and oxygen atoms in total. The van der Waals surface area contributed by atoms with Crippen LogP contribution in [0.1, 0.15) is 31.0 Å². The summed E-state index contributed by atoms with van der Waals surface area (Å²) in [7, 11) is 3.08. The van der Waals surface area contributed by atoms with Gasteiger partial charge in [0.25, 0.3) is 0 Å². The molecule has 1 aromatic heterocycles. The van der Waals surface area contributed by atoms with Crippen LogP contribution in [0, 0.1) is 0 Å². The van der Waals surface area contributed by atoms with E-state index in [4.69, 9.17) is 0 Å². The second-order valence-electron chi connectivity index (χ2n) is 5.86. The van der Waals surface area contributed by atoms with Crippen molar-refractivity contribution in [2.45, 2.75) is 37.2 Å². The number of hydrogen-bond acceptors (Lipinski definition) is 3. The number of halogens is 4. The van der Waals surface area contributed by atoms with E-state index in [0.29, 0.717) is 5.96 Å². The van der Waals surface area contributed by atoms with E-state index < -0.39 is 11.9 Å². The lowest BCUT2D eigenvalue weighted by Gasteiger charge is -2.24. The molecular weight excluding hydrogens is 454 g/mol. The molecule has 0 aromatic carbocycles. The molecular formula is C14H23F3IN5S. The predicted molar refractivity (Wildman–Crippen MR) is 102 cm³/mol. The monoisotopic (exact) mass is 477 g/mol. The lowest BCUT2D eigenvalue weighted by atomic mass is 10.1. The molecule has 2 heterocycles. The Bertz CT molecular complexity index is 567. The zero-order valence-corrected chi connectivity index (χ0v) is 17.1. The van der Waals surface area contributed by atoms with Crippen LogP contribution in [-0.2, 0) is 19.8 Å². The molecule has 1 aliphatic rings. The summed E-state index contributed by atoms with van der Waals surface area (Å²) < 4.78 is 40.1. The van der Waals surface area contributed by atoms with Crippen LogP contribution in [0.3, 0.4) is 0 Å². The first kappa shape index (κ1) is 21.4. The predicted octanol–water partition coefficient (Wildman–Crippen LogP) is 3.01. The minimum Gasteiger partial charge on any atom is -0.355 e. The van der Waals surface area contributed by atoms with Gasteiger partial charge < -0.3 is 10.6 Å². The van der Waals surface area contributed by atoms with Crippen LogP contribution in [0.2, 0.25) is 0 Å². The average Bonchev–Trinajstić information content (AvgIpc) is 3.05. The number of hydrogen-bond donors (Lipinski definition) is 2. The van der Waals surface area contributed by atoms with Crippen molar-refractivity contribution in [3.05, 3.63) is 17.5 Å². The molecule has 0 aliphatic carbocycles. The molecule has 24 heavy (non-hydrogen) atoms. The van der Waals surface area contributed by atoms with Crippen LogP contribution < -0.4 is 10.6 Å². The number of aromatic nitrogens is 2. The molecule has 1 aromatic rings. The van der Waals surface area contributed by atoms with Gasteiger partial charge in [-0.1, -0.05) is 0 Å². The van der Waals surface area contributed by atoms with E-state index in [0.717, 1.165) is 18.7 Å². The summed E-state index contributed by atoms with van der Waals surface area (Å²) in [6, 6.07) is 0. The topological polar surface area (TPSA) is 54.2 Å². The van der Waals surface area contributed by atoms with Gasteiger partial charge >= 0.3 is 6.18 Å². The Balaban J connectivity index is 0.00000288. The van der Waals surface area contributed by atoms with E-state index in [1.165, 1.54) is 24.3 Å². The number of nitrogens with zero attached hydrogens (tertiary/aromatic N) is 3. The number of aliphatic imine (C=N–C) groups is 1. The normalized spacial score (nSPS) is 21.5. The first-order chi connectivity index (χ1) is 10.7. The van der Waals surface area contributed by atoms with Crippen LogP contribution in [0.5, 0.6) is 0 Å². The fourth-order valence-corrected chi connectivity index (χ4v) is 3.80. The third-order valence-electron chi connectivity index (χ3n) is 3.77. The molecule has 1 unspecified atom stereocenters. The van der Waals surface area contributed by atoms with Gasteiger partial charge in [0.2, 0.25) is 0 Å². The third kappa shape index (κ3) is 5.71. The van der Waals surface area contributed by atoms with Gasteiger partial charge in [-0.25, -0.2) is 0 Å². The van der Waals surface area contributed by atoms with E-state index >= 15 is 0 Å². The number of rotatable bonds is 4. The van der Waals surface area contributed by atoms with E-state index in [1.54, 1.807) is 7.05 Å². The highest BCUT2D eigenvalue weighted by molar-refractivity contribution is 14.0. The first-order valence-electron chi connectivity index (χ1n) is 7.42. The zero-order chi connectivity index (χ0) is 17.1. The van der Waals surface area contributed by atoms with Gasteiger partial charge in [-0.3, -0.25) is 9.67 Å². The Morgan fingerprint density at radius 3 is 2.71 bits per heavy atom. The third-order valence-corrected chi connectivity index (χ3v) is 5.31. The molecule has 0 saturated carbocycles. The number of nitrogens with one attached hydrogen (secondary N) is 2. The lowest BCUT2D eigenvalue weighted by Crippen LogP contribution is -2.43. The highest BCUT2D eigenvalue weighted by Crippen LogP contribution is 2.36.